The maximum Gasteiger partial charge on any atom is 0.223 e. The molecule has 0 aromatic heterocycles. The predicted molar refractivity (Wildman–Crippen MR) is 505 cm³/mol. The number of carbonyl (C=O) groups is 12. The molecule has 0 fully saturated rings. The number of carbonyl (C=O) groups excluding carboxylic acids is 12. The van der Waals surface area contributed by atoms with Gasteiger partial charge in [0.25, 0.3) is 0 Å². The number of hydrogen-bond acceptors (Lipinski definition) is 18. The minimum Gasteiger partial charge on any atom is -0.356 e. The SMILES string of the molecule is CC(=O)NCCCCCCCC(=O)CC(CCCCN)C(=O)NCCCCCCCC(=O)CC(C)CCCCN.CC(=O)NCCCCCCCC(=O)CC(CCCCN)C(=O)NCCCCCCCC(=O)CC(CCCCN)C(C)=O.CCCCCCCCCCCC(=O)CC(CCCCN)C(=O)NCCCCCCCC(=O)CC(C)CCCCN. The highest BCUT2D eigenvalue weighted by molar-refractivity contribution is 5.89. The molecule has 23 nitrogen and oxygen atoms in total. The maximum atomic E-state index is 12.8. The fourth-order valence-corrected chi connectivity index (χ4v) is 15.7. The molecule has 6 atom stereocenters. The molecule has 0 spiro atoms. The minimum atomic E-state index is -0.290. The van der Waals surface area contributed by atoms with Crippen LogP contribution >= 0.6 is 0 Å². The third kappa shape index (κ3) is 86.9. The van der Waals surface area contributed by atoms with Crippen LogP contribution in [0.1, 0.15) is 452 Å². The summed E-state index contributed by atoms with van der Waals surface area (Å²) in [7, 11) is 0. The maximum absolute atomic E-state index is 12.8. The zero-order valence-corrected chi connectivity index (χ0v) is 79.4. The summed E-state index contributed by atoms with van der Waals surface area (Å²) in [6.45, 7) is 18.4. The number of Topliss-reactive ketones (excluding diaryl/α,β-unsaturated/α-hetero) is 7. The smallest absolute Gasteiger partial charge is 0.223 e. The molecule has 0 saturated heterocycles. The van der Waals surface area contributed by atoms with E-state index in [1.54, 1.807) is 6.92 Å². The van der Waals surface area contributed by atoms with Gasteiger partial charge >= 0.3 is 0 Å². The fourth-order valence-electron chi connectivity index (χ4n) is 15.7. The summed E-state index contributed by atoms with van der Waals surface area (Å²) < 4.78 is 0. The van der Waals surface area contributed by atoms with Crippen molar-refractivity contribution in [3.8, 4) is 0 Å². The summed E-state index contributed by atoms with van der Waals surface area (Å²) >= 11 is 0. The third-order valence-electron chi connectivity index (χ3n) is 23.4. The van der Waals surface area contributed by atoms with E-state index in [0.717, 1.165) is 289 Å². The lowest BCUT2D eigenvalue weighted by Gasteiger charge is -2.16. The van der Waals surface area contributed by atoms with Gasteiger partial charge in [0, 0.05) is 147 Å². The van der Waals surface area contributed by atoms with E-state index in [9.17, 15) is 57.5 Å². The van der Waals surface area contributed by atoms with Crippen molar-refractivity contribution in [1.29, 1.82) is 0 Å². The van der Waals surface area contributed by atoms with Crippen LogP contribution in [-0.2, 0) is 57.5 Å². The molecule has 6 unspecified atom stereocenters. The van der Waals surface area contributed by atoms with Crippen molar-refractivity contribution in [3.63, 3.8) is 0 Å². The second-order valence-electron chi connectivity index (χ2n) is 35.8. The van der Waals surface area contributed by atoms with Gasteiger partial charge in [-0.3, -0.25) is 57.5 Å². The highest BCUT2D eigenvalue weighted by Gasteiger charge is 2.25. The van der Waals surface area contributed by atoms with Crippen molar-refractivity contribution in [1.82, 2.24) is 26.6 Å². The molecule has 0 radical (unpaired) electrons. The first-order chi connectivity index (χ1) is 58.9. The zero-order chi connectivity index (χ0) is 91.0. The normalized spacial score (nSPS) is 12.6. The van der Waals surface area contributed by atoms with Crippen LogP contribution in [0, 0.1) is 35.5 Å². The summed E-state index contributed by atoms with van der Waals surface area (Å²) in [5.41, 5.74) is 33.5. The van der Waals surface area contributed by atoms with E-state index < -0.39 is 0 Å². The second-order valence-corrected chi connectivity index (χ2v) is 35.8. The molecule has 0 aliphatic carbocycles. The van der Waals surface area contributed by atoms with Crippen molar-refractivity contribution in [2.45, 2.75) is 452 Å². The molecule has 5 amide bonds. The van der Waals surface area contributed by atoms with Crippen LogP contribution in [0.3, 0.4) is 0 Å². The van der Waals surface area contributed by atoms with Crippen molar-refractivity contribution < 1.29 is 57.5 Å². The Labute approximate surface area is 744 Å². The molecule has 122 heavy (non-hydrogen) atoms. The lowest BCUT2D eigenvalue weighted by Crippen LogP contribution is -2.33. The molecule has 17 N–H and O–H groups in total. The van der Waals surface area contributed by atoms with Gasteiger partial charge in [-0.1, -0.05) is 220 Å². The van der Waals surface area contributed by atoms with Gasteiger partial charge in [0.15, 0.2) is 0 Å². The van der Waals surface area contributed by atoms with E-state index in [-0.39, 0.29) is 82.1 Å². The van der Waals surface area contributed by atoms with Crippen LogP contribution in [0.2, 0.25) is 0 Å². The third-order valence-corrected chi connectivity index (χ3v) is 23.4. The number of amides is 5. The highest BCUT2D eigenvalue weighted by Crippen LogP contribution is 2.24. The van der Waals surface area contributed by atoms with Gasteiger partial charge in [0.2, 0.25) is 29.5 Å². The predicted octanol–water partition coefficient (Wildman–Crippen LogP) is 18.1. The average molecular weight is 1730 g/mol. The van der Waals surface area contributed by atoms with E-state index >= 15 is 0 Å². The molecular formula is C99H191N11O12. The quantitative estimate of drug-likeness (QED) is 0.0252. The molecule has 0 saturated carbocycles. The highest BCUT2D eigenvalue weighted by atomic mass is 16.2. The van der Waals surface area contributed by atoms with Gasteiger partial charge in [0.1, 0.15) is 40.5 Å². The van der Waals surface area contributed by atoms with Crippen LogP contribution in [0.25, 0.3) is 0 Å². The number of ketones is 7. The number of nitrogens with two attached hydrogens (primary N) is 6. The van der Waals surface area contributed by atoms with Crippen molar-refractivity contribution in [2.75, 3.05) is 72.0 Å². The van der Waals surface area contributed by atoms with Crippen molar-refractivity contribution in [2.24, 2.45) is 69.9 Å². The van der Waals surface area contributed by atoms with Crippen LogP contribution in [0.15, 0.2) is 0 Å². The Bertz CT molecular complexity index is 2580. The van der Waals surface area contributed by atoms with E-state index in [1.165, 1.54) is 58.8 Å². The summed E-state index contributed by atoms with van der Waals surface area (Å²) in [5.74, 6) is 1.56. The summed E-state index contributed by atoms with van der Waals surface area (Å²) in [6.07, 6.45) is 58.3. The van der Waals surface area contributed by atoms with Crippen molar-refractivity contribution in [3.05, 3.63) is 0 Å². The second kappa shape index (κ2) is 92.0. The average Bonchev–Trinajstić information content (AvgIpc) is 0.908. The van der Waals surface area contributed by atoms with Crippen molar-refractivity contribution >= 4 is 70.0 Å². The summed E-state index contributed by atoms with van der Waals surface area (Å²) in [5, 5.41) is 14.8. The molecule has 0 aromatic carbocycles. The molecule has 0 aliphatic rings. The van der Waals surface area contributed by atoms with E-state index in [1.807, 2.05) is 0 Å². The van der Waals surface area contributed by atoms with Crippen LogP contribution < -0.4 is 61.0 Å². The Morgan fingerprint density at radius 2 is 0.402 bits per heavy atom. The first-order valence-electron chi connectivity index (χ1n) is 50.1. The largest absolute Gasteiger partial charge is 0.356 e. The Balaban J connectivity index is -0.00000174. The molecule has 714 valence electrons. The number of nitrogens with one attached hydrogen (secondary N) is 5. The Morgan fingerprint density at radius 1 is 0.213 bits per heavy atom. The van der Waals surface area contributed by atoms with Gasteiger partial charge in [-0.05, 0) is 193 Å². The molecule has 0 aliphatic heterocycles. The first kappa shape index (κ1) is 121. The van der Waals surface area contributed by atoms with Gasteiger partial charge in [-0.15, -0.1) is 0 Å². The standard InChI is InChI=1S/C34H67N3O3.C33H62N4O5.C32H62N4O4/c1-3-4-5-6-7-8-9-11-15-24-33(39)29-31(22-17-19-26-36)34(40)37-27-20-13-10-12-14-23-32(38)28-30(2)21-16-18-25-35;1-27(38)29(17-11-13-21-34)25-31(40)19-9-6-4-8-16-24-37-33(42)30(18-12-14-22-35)26-32(41)20-10-5-3-7-15-23-36-28(2)39;1-27(17-11-13-21-33)25-30(38)19-9-5-4-8-16-24-36-32(40)29(18-12-14-22-34)26-31(39)20-10-6-3-7-15-23-35-28(2)37/h30-31H,3-29,35-36H2,1-2H3,(H,37,40);29-30H,3-26,34-35H2,1-2H3,(H,36,39)(H,37,42);27,29H,3-26,33-34H2,1-2H3,(H,35,37)(H,36,40). The van der Waals surface area contributed by atoms with Gasteiger partial charge in [-0.2, -0.15) is 0 Å². The van der Waals surface area contributed by atoms with E-state index in [4.69, 9.17) is 34.4 Å². The van der Waals surface area contributed by atoms with Crippen LogP contribution in [0.4, 0.5) is 0 Å². The van der Waals surface area contributed by atoms with Crippen LogP contribution in [-0.4, -0.2) is 142 Å². The van der Waals surface area contributed by atoms with Gasteiger partial charge < -0.3 is 61.0 Å². The molecule has 0 heterocycles. The number of unbranched alkanes of at least 4 members (excludes halogenated alkanes) is 34. The Morgan fingerprint density at radius 3 is 0.623 bits per heavy atom. The van der Waals surface area contributed by atoms with Crippen LogP contribution in [0.5, 0.6) is 0 Å². The Hall–Kier alpha value is -5.20. The Kier molecular flexibility index (Phi) is 91.2. The van der Waals surface area contributed by atoms with E-state index in [0.29, 0.717) is 172 Å². The minimum absolute atomic E-state index is 0.00238. The molecular weight excluding hydrogens is 1540 g/mol. The number of rotatable bonds is 90. The van der Waals surface area contributed by atoms with Gasteiger partial charge in [-0.25, -0.2) is 0 Å². The topological polar surface area (TPSA) is 421 Å². The molecule has 0 rings (SSSR count). The summed E-state index contributed by atoms with van der Waals surface area (Å²) in [4.78, 5) is 146. The first-order valence-corrected chi connectivity index (χ1v) is 50.1. The molecule has 0 aromatic rings. The lowest BCUT2D eigenvalue weighted by atomic mass is 9.91. The lowest BCUT2D eigenvalue weighted by molar-refractivity contribution is -0.129. The van der Waals surface area contributed by atoms with E-state index in [2.05, 4.69) is 47.4 Å². The van der Waals surface area contributed by atoms with Gasteiger partial charge in [0.05, 0.1) is 0 Å². The summed E-state index contributed by atoms with van der Waals surface area (Å²) in [6, 6.07) is 0. The molecule has 23 heteroatoms. The molecule has 0 bridgehead atoms. The zero-order valence-electron chi connectivity index (χ0n) is 79.4. The number of hydrogen-bond donors (Lipinski definition) is 11. The fraction of sp³-hybridized carbons (Fsp3) is 0.879. The monoisotopic (exact) mass is 1730 g/mol.